The van der Waals surface area contributed by atoms with Crippen molar-refractivity contribution >= 4 is 28.3 Å². The monoisotopic (exact) mass is 484 g/mol. The SMILES string of the molecule is Nc1nc2cc(F)c(C(=O)N(CC3CC3)C3CCc4nc(C(F)(F)F)ccc43)cc2n2cncc12. The molecule has 1 aromatic carbocycles. The molecule has 6 rings (SSSR count). The van der Waals surface area contributed by atoms with Crippen LogP contribution in [0.5, 0.6) is 0 Å². The van der Waals surface area contributed by atoms with Crippen LogP contribution >= 0.6 is 0 Å². The van der Waals surface area contributed by atoms with Gasteiger partial charge in [-0.25, -0.2) is 19.3 Å². The van der Waals surface area contributed by atoms with E-state index in [1.165, 1.54) is 30.7 Å². The van der Waals surface area contributed by atoms with Crippen molar-refractivity contribution in [1.82, 2.24) is 24.3 Å². The first-order valence-electron chi connectivity index (χ1n) is 11.3. The maximum absolute atomic E-state index is 15.2. The first-order chi connectivity index (χ1) is 16.7. The molecule has 2 N–H and O–H groups in total. The number of carbonyl (C=O) groups is 1. The minimum Gasteiger partial charge on any atom is -0.382 e. The van der Waals surface area contributed by atoms with Crippen LogP contribution in [0.1, 0.15) is 52.6 Å². The average Bonchev–Trinajstić information content (AvgIpc) is 3.32. The maximum Gasteiger partial charge on any atom is 0.433 e. The second-order valence-corrected chi connectivity index (χ2v) is 9.15. The number of imidazole rings is 1. The molecule has 1 saturated carbocycles. The summed E-state index contributed by atoms with van der Waals surface area (Å²) in [6.07, 6.45) is 1.16. The molecule has 3 heterocycles. The number of alkyl halides is 3. The summed E-state index contributed by atoms with van der Waals surface area (Å²) in [6.45, 7) is 0.405. The van der Waals surface area contributed by atoms with Gasteiger partial charge in [0.1, 0.15) is 22.8 Å². The molecule has 2 aliphatic carbocycles. The van der Waals surface area contributed by atoms with Gasteiger partial charge in [-0.1, -0.05) is 6.07 Å². The highest BCUT2D eigenvalue weighted by Crippen LogP contribution is 2.41. The molecule has 0 bridgehead atoms. The lowest BCUT2D eigenvalue weighted by Gasteiger charge is -2.30. The summed E-state index contributed by atoms with van der Waals surface area (Å²) in [5.41, 5.74) is 7.07. The number of carbonyl (C=O) groups excluding carboxylic acids is 1. The van der Waals surface area contributed by atoms with Crippen LogP contribution in [0.3, 0.4) is 0 Å². The number of pyridine rings is 1. The number of anilines is 1. The lowest BCUT2D eigenvalue weighted by atomic mass is 10.0. The minimum atomic E-state index is -4.54. The number of aromatic nitrogens is 4. The molecular formula is C24H20F4N6O. The lowest BCUT2D eigenvalue weighted by molar-refractivity contribution is -0.141. The van der Waals surface area contributed by atoms with Gasteiger partial charge in [0, 0.05) is 18.3 Å². The number of nitrogen functional groups attached to an aromatic ring is 1. The maximum atomic E-state index is 15.2. The number of nitrogens with two attached hydrogens (primary N) is 1. The van der Waals surface area contributed by atoms with Gasteiger partial charge in [0.15, 0.2) is 0 Å². The Hall–Kier alpha value is -3.76. The number of hydrogen-bond acceptors (Lipinski definition) is 5. The molecule has 0 saturated heterocycles. The highest BCUT2D eigenvalue weighted by Gasteiger charge is 2.39. The van der Waals surface area contributed by atoms with E-state index in [-0.39, 0.29) is 22.8 Å². The minimum absolute atomic E-state index is 0.131. The summed E-state index contributed by atoms with van der Waals surface area (Å²) in [7, 11) is 0. The van der Waals surface area contributed by atoms with Gasteiger partial charge in [0.05, 0.1) is 35.2 Å². The fourth-order valence-corrected chi connectivity index (χ4v) is 4.87. The molecule has 0 aliphatic heterocycles. The number of nitrogens with zero attached hydrogens (tertiary/aromatic N) is 5. The van der Waals surface area contributed by atoms with Gasteiger partial charge < -0.3 is 10.6 Å². The van der Waals surface area contributed by atoms with E-state index >= 15 is 4.39 Å². The fourth-order valence-electron chi connectivity index (χ4n) is 4.87. The van der Waals surface area contributed by atoms with Crippen molar-refractivity contribution in [3.63, 3.8) is 0 Å². The van der Waals surface area contributed by atoms with Crippen LogP contribution in [-0.4, -0.2) is 36.7 Å². The summed E-state index contributed by atoms with van der Waals surface area (Å²) in [6, 6.07) is 4.48. The predicted octanol–water partition coefficient (Wildman–Crippen LogP) is 4.56. The number of halogens is 4. The van der Waals surface area contributed by atoms with Gasteiger partial charge in [-0.3, -0.25) is 9.20 Å². The van der Waals surface area contributed by atoms with Crippen molar-refractivity contribution in [2.24, 2.45) is 5.92 Å². The molecule has 0 spiro atoms. The number of rotatable bonds is 4. The molecule has 0 radical (unpaired) electrons. The predicted molar refractivity (Wildman–Crippen MR) is 119 cm³/mol. The largest absolute Gasteiger partial charge is 0.433 e. The van der Waals surface area contributed by atoms with Crippen LogP contribution in [0.15, 0.2) is 36.8 Å². The van der Waals surface area contributed by atoms with Crippen molar-refractivity contribution in [2.75, 3.05) is 12.3 Å². The zero-order chi connectivity index (χ0) is 24.5. The van der Waals surface area contributed by atoms with Crippen molar-refractivity contribution in [1.29, 1.82) is 0 Å². The van der Waals surface area contributed by atoms with Gasteiger partial charge in [-0.15, -0.1) is 0 Å². The smallest absolute Gasteiger partial charge is 0.382 e. The van der Waals surface area contributed by atoms with Crippen molar-refractivity contribution in [3.8, 4) is 0 Å². The van der Waals surface area contributed by atoms with Crippen LogP contribution in [-0.2, 0) is 12.6 Å². The topological polar surface area (TPSA) is 89.4 Å². The molecule has 11 heteroatoms. The van der Waals surface area contributed by atoms with Crippen LogP contribution in [0.2, 0.25) is 0 Å². The average molecular weight is 484 g/mol. The summed E-state index contributed by atoms with van der Waals surface area (Å²) in [4.78, 5) is 27.5. The molecular weight excluding hydrogens is 464 g/mol. The standard InChI is InChI=1S/C24H20F4N6O/c25-15-8-17-19(34-11-30-9-20(34)22(29)32-17)7-14(15)23(35)33(10-12-1-2-12)18-5-4-16-13(18)3-6-21(31-16)24(26,27)28/h3,6-9,11-12,18H,1-2,4-5,10H2,(H2,29,32). The van der Waals surface area contributed by atoms with Gasteiger partial charge in [-0.05, 0) is 49.3 Å². The molecule has 1 atom stereocenters. The van der Waals surface area contributed by atoms with Gasteiger partial charge in [0.2, 0.25) is 0 Å². The highest BCUT2D eigenvalue weighted by molar-refractivity contribution is 5.98. The third-order valence-electron chi connectivity index (χ3n) is 6.80. The van der Waals surface area contributed by atoms with E-state index in [1.807, 2.05) is 0 Å². The zero-order valence-corrected chi connectivity index (χ0v) is 18.4. The van der Waals surface area contributed by atoms with Crippen LogP contribution in [0.4, 0.5) is 23.4 Å². The Morgan fingerprint density at radius 3 is 2.69 bits per heavy atom. The Labute approximate surface area is 196 Å². The van der Waals surface area contributed by atoms with Gasteiger partial charge >= 0.3 is 6.18 Å². The number of benzene rings is 1. The van der Waals surface area contributed by atoms with E-state index in [2.05, 4.69) is 15.0 Å². The number of aryl methyl sites for hydroxylation is 1. The molecule has 3 aromatic heterocycles. The van der Waals surface area contributed by atoms with E-state index < -0.39 is 29.6 Å². The lowest BCUT2D eigenvalue weighted by Crippen LogP contribution is -2.36. The number of amides is 1. The molecule has 180 valence electrons. The Bertz CT molecular complexity index is 1490. The Morgan fingerprint density at radius 1 is 1.14 bits per heavy atom. The summed E-state index contributed by atoms with van der Waals surface area (Å²) >= 11 is 0. The number of hydrogen-bond donors (Lipinski definition) is 1. The first kappa shape index (κ1) is 21.8. The third kappa shape index (κ3) is 3.65. The second-order valence-electron chi connectivity index (χ2n) is 9.15. The highest BCUT2D eigenvalue weighted by atomic mass is 19.4. The molecule has 7 nitrogen and oxygen atoms in total. The van der Waals surface area contributed by atoms with E-state index in [0.29, 0.717) is 41.7 Å². The summed E-state index contributed by atoms with van der Waals surface area (Å²) in [5, 5.41) is 0. The molecule has 1 amide bonds. The normalized spacial score (nSPS) is 17.8. The Morgan fingerprint density at radius 2 is 1.94 bits per heavy atom. The van der Waals surface area contributed by atoms with Crippen molar-refractivity contribution in [2.45, 2.75) is 37.9 Å². The number of fused-ring (bicyclic) bond motifs is 4. The fraction of sp³-hybridized carbons (Fsp3) is 0.333. The Balaban J connectivity index is 1.42. The molecule has 2 aliphatic rings. The molecule has 1 unspecified atom stereocenters. The molecule has 4 aromatic rings. The first-order valence-corrected chi connectivity index (χ1v) is 11.3. The molecule has 1 fully saturated rings. The van der Waals surface area contributed by atoms with Crippen molar-refractivity contribution in [3.05, 3.63) is 65.1 Å². The summed E-state index contributed by atoms with van der Waals surface area (Å²) < 4.78 is 56.3. The second kappa shape index (κ2) is 7.62. The van der Waals surface area contributed by atoms with E-state index in [1.54, 1.807) is 9.30 Å². The van der Waals surface area contributed by atoms with E-state index in [9.17, 15) is 18.0 Å². The van der Waals surface area contributed by atoms with Gasteiger partial charge in [-0.2, -0.15) is 13.2 Å². The quantitative estimate of drug-likeness (QED) is 0.429. The van der Waals surface area contributed by atoms with Crippen LogP contribution in [0, 0.1) is 11.7 Å². The van der Waals surface area contributed by atoms with Gasteiger partial charge in [0.25, 0.3) is 5.91 Å². The van der Waals surface area contributed by atoms with Crippen LogP contribution in [0.25, 0.3) is 16.6 Å². The zero-order valence-electron chi connectivity index (χ0n) is 18.4. The van der Waals surface area contributed by atoms with Crippen molar-refractivity contribution < 1.29 is 22.4 Å². The molecule has 35 heavy (non-hydrogen) atoms. The summed E-state index contributed by atoms with van der Waals surface area (Å²) in [5.74, 6) is -0.773. The van der Waals surface area contributed by atoms with E-state index in [4.69, 9.17) is 5.73 Å². The van der Waals surface area contributed by atoms with E-state index in [0.717, 1.165) is 18.9 Å². The Kier molecular flexibility index (Phi) is 4.74. The van der Waals surface area contributed by atoms with Crippen LogP contribution < -0.4 is 5.73 Å². The third-order valence-corrected chi connectivity index (χ3v) is 6.80.